The van der Waals surface area contributed by atoms with Gasteiger partial charge in [-0.25, -0.2) is 4.79 Å². The maximum atomic E-state index is 11.0. The second-order valence-electron chi connectivity index (χ2n) is 7.21. The Morgan fingerprint density at radius 3 is 2.34 bits per heavy atom. The first-order chi connectivity index (χ1) is 15.5. The molecule has 0 atom stereocenters. The molecule has 0 aliphatic rings. The molecule has 4 aromatic rings. The van der Waals surface area contributed by atoms with Gasteiger partial charge in [-0.1, -0.05) is 54.6 Å². The van der Waals surface area contributed by atoms with E-state index in [1.165, 1.54) is 0 Å². The lowest BCUT2D eigenvalue weighted by molar-refractivity contribution is 0.0697. The van der Waals surface area contributed by atoms with Crippen molar-refractivity contribution in [2.24, 2.45) is 0 Å². The van der Waals surface area contributed by atoms with Gasteiger partial charge in [0.2, 0.25) is 0 Å². The molecule has 0 unspecified atom stereocenters. The zero-order valence-corrected chi connectivity index (χ0v) is 19.1. The summed E-state index contributed by atoms with van der Waals surface area (Å²) in [5.41, 5.74) is 3.53. The molecule has 0 amide bonds. The summed E-state index contributed by atoms with van der Waals surface area (Å²) in [4.78, 5) is 11.0. The van der Waals surface area contributed by atoms with Crippen LogP contribution in [0.5, 0.6) is 5.75 Å². The first kappa shape index (κ1) is 21.6. The molecule has 0 aliphatic carbocycles. The Bertz CT molecular complexity index is 1370. The van der Waals surface area contributed by atoms with Crippen molar-refractivity contribution in [1.82, 2.24) is 0 Å². The summed E-state index contributed by atoms with van der Waals surface area (Å²) >= 11 is 2.21. The number of aromatic carboxylic acids is 1. The van der Waals surface area contributed by atoms with E-state index in [4.69, 9.17) is 9.84 Å². The van der Waals surface area contributed by atoms with E-state index in [2.05, 4.69) is 34.7 Å². The summed E-state index contributed by atoms with van der Waals surface area (Å²) in [7, 11) is 0. The maximum Gasteiger partial charge on any atom is 0.335 e. The molecule has 0 fully saturated rings. The van der Waals surface area contributed by atoms with Crippen molar-refractivity contribution < 1.29 is 14.6 Å². The molecule has 0 spiro atoms. The summed E-state index contributed by atoms with van der Waals surface area (Å²) in [6.45, 7) is 0.339. The standard InChI is InChI=1S/C27H18INO3/c28-25-14-19(7-12-26(25)32-17-18-5-8-21(9-6-18)27(30)31)13-24(16-29)23-11-10-20-3-1-2-4-22(20)15-23/h1-15H,17H2,(H,30,31)/b24-13-. The molecule has 1 N–H and O–H groups in total. The van der Waals surface area contributed by atoms with E-state index in [0.717, 1.165) is 36.8 Å². The molecule has 4 nitrogen and oxygen atoms in total. The number of hydrogen-bond acceptors (Lipinski definition) is 3. The summed E-state index contributed by atoms with van der Waals surface area (Å²) in [6, 6.07) is 28.8. The van der Waals surface area contributed by atoms with Crippen LogP contribution in [0.3, 0.4) is 0 Å². The second-order valence-corrected chi connectivity index (χ2v) is 8.37. The van der Waals surface area contributed by atoms with Crippen molar-refractivity contribution in [2.45, 2.75) is 6.61 Å². The number of nitriles is 1. The highest BCUT2D eigenvalue weighted by atomic mass is 127. The van der Waals surface area contributed by atoms with Gasteiger partial charge < -0.3 is 9.84 Å². The minimum atomic E-state index is -0.948. The average molecular weight is 531 g/mol. The molecule has 5 heteroatoms. The number of carboxylic acid groups (broad SMARTS) is 1. The molecule has 0 heterocycles. The highest BCUT2D eigenvalue weighted by molar-refractivity contribution is 14.1. The smallest absolute Gasteiger partial charge is 0.335 e. The van der Waals surface area contributed by atoms with Gasteiger partial charge >= 0.3 is 5.97 Å². The predicted octanol–water partition coefficient (Wildman–Crippen LogP) is 6.79. The van der Waals surface area contributed by atoms with Gasteiger partial charge in [0.1, 0.15) is 12.4 Å². The van der Waals surface area contributed by atoms with Crippen LogP contribution in [0.2, 0.25) is 0 Å². The van der Waals surface area contributed by atoms with Crippen LogP contribution < -0.4 is 4.74 Å². The number of carbonyl (C=O) groups is 1. The van der Waals surface area contributed by atoms with Crippen LogP contribution in [0.15, 0.2) is 84.9 Å². The third-order valence-electron chi connectivity index (χ3n) is 5.04. The number of nitrogens with zero attached hydrogens (tertiary/aromatic N) is 1. The van der Waals surface area contributed by atoms with Gasteiger partial charge in [0.25, 0.3) is 0 Å². The van der Waals surface area contributed by atoms with Gasteiger partial charge in [-0.15, -0.1) is 0 Å². The van der Waals surface area contributed by atoms with Gasteiger partial charge in [0.15, 0.2) is 0 Å². The molecule has 0 bridgehead atoms. The molecule has 0 saturated heterocycles. The number of carboxylic acids is 1. The minimum Gasteiger partial charge on any atom is -0.488 e. The molecule has 0 aliphatic heterocycles. The van der Waals surface area contributed by atoms with Crippen LogP contribution in [0.4, 0.5) is 0 Å². The third kappa shape index (κ3) is 4.98. The number of rotatable bonds is 6. The van der Waals surface area contributed by atoms with Crippen LogP contribution in [0.1, 0.15) is 27.0 Å². The molecule has 0 saturated carbocycles. The average Bonchev–Trinajstić information content (AvgIpc) is 2.82. The Morgan fingerprint density at radius 1 is 0.938 bits per heavy atom. The molecule has 0 aromatic heterocycles. The molecule has 32 heavy (non-hydrogen) atoms. The molecular weight excluding hydrogens is 513 g/mol. The number of benzene rings is 4. The third-order valence-corrected chi connectivity index (χ3v) is 5.89. The highest BCUT2D eigenvalue weighted by Gasteiger charge is 2.07. The number of ether oxygens (including phenoxy) is 1. The first-order valence-corrected chi connectivity index (χ1v) is 11.0. The van der Waals surface area contributed by atoms with Crippen LogP contribution >= 0.6 is 22.6 Å². The largest absolute Gasteiger partial charge is 0.488 e. The monoisotopic (exact) mass is 531 g/mol. The quantitative estimate of drug-likeness (QED) is 0.169. The highest BCUT2D eigenvalue weighted by Crippen LogP contribution is 2.27. The van der Waals surface area contributed by atoms with Crippen molar-refractivity contribution >= 4 is 51.0 Å². The normalized spacial score (nSPS) is 11.2. The van der Waals surface area contributed by atoms with E-state index in [1.807, 2.05) is 60.7 Å². The van der Waals surface area contributed by atoms with Gasteiger partial charge in [0, 0.05) is 0 Å². The summed E-state index contributed by atoms with van der Waals surface area (Å²) in [5.74, 6) is -0.217. The molecule has 4 rings (SSSR count). The van der Waals surface area contributed by atoms with E-state index >= 15 is 0 Å². The summed E-state index contributed by atoms with van der Waals surface area (Å²) in [6.07, 6.45) is 1.88. The Hall–Kier alpha value is -3.63. The van der Waals surface area contributed by atoms with E-state index in [0.29, 0.717) is 12.2 Å². The first-order valence-electron chi connectivity index (χ1n) is 9.89. The van der Waals surface area contributed by atoms with Crippen LogP contribution in [0.25, 0.3) is 22.4 Å². The van der Waals surface area contributed by atoms with Crippen molar-refractivity contribution in [3.05, 3.63) is 111 Å². The van der Waals surface area contributed by atoms with Gasteiger partial charge in [-0.3, -0.25) is 0 Å². The van der Waals surface area contributed by atoms with Crippen molar-refractivity contribution in [2.75, 3.05) is 0 Å². The molecular formula is C27H18INO3. The topological polar surface area (TPSA) is 70.3 Å². The summed E-state index contributed by atoms with van der Waals surface area (Å²) in [5, 5.41) is 20.9. The van der Waals surface area contributed by atoms with E-state index in [9.17, 15) is 10.1 Å². The van der Waals surface area contributed by atoms with E-state index in [-0.39, 0.29) is 5.56 Å². The SMILES string of the molecule is N#C/C(=C/c1ccc(OCc2ccc(C(=O)O)cc2)c(I)c1)c1ccc2ccccc2c1. The Labute approximate surface area is 199 Å². The number of allylic oxidation sites excluding steroid dienone is 1. The Morgan fingerprint density at radius 2 is 1.66 bits per heavy atom. The maximum absolute atomic E-state index is 11.0. The van der Waals surface area contributed by atoms with E-state index < -0.39 is 5.97 Å². The Balaban J connectivity index is 1.51. The van der Waals surface area contributed by atoms with Gasteiger partial charge in [-0.05, 0) is 86.5 Å². The van der Waals surface area contributed by atoms with Crippen LogP contribution in [-0.2, 0) is 6.61 Å². The second kappa shape index (κ2) is 9.67. The lowest BCUT2D eigenvalue weighted by Gasteiger charge is -2.10. The molecule has 4 aromatic carbocycles. The fraction of sp³-hybridized carbons (Fsp3) is 0.0370. The summed E-state index contributed by atoms with van der Waals surface area (Å²) < 4.78 is 6.83. The number of halogens is 1. The number of hydrogen-bond donors (Lipinski definition) is 1. The van der Waals surface area contributed by atoms with Crippen LogP contribution in [-0.4, -0.2) is 11.1 Å². The fourth-order valence-electron chi connectivity index (χ4n) is 3.33. The molecule has 156 valence electrons. The zero-order chi connectivity index (χ0) is 22.5. The lowest BCUT2D eigenvalue weighted by atomic mass is 10.0. The fourth-order valence-corrected chi connectivity index (χ4v) is 4.03. The zero-order valence-electron chi connectivity index (χ0n) is 17.0. The molecule has 0 radical (unpaired) electrons. The van der Waals surface area contributed by atoms with Gasteiger partial charge in [0.05, 0.1) is 20.8 Å². The lowest BCUT2D eigenvalue weighted by Crippen LogP contribution is -1.99. The van der Waals surface area contributed by atoms with E-state index in [1.54, 1.807) is 24.3 Å². The van der Waals surface area contributed by atoms with Crippen LogP contribution in [0, 0.1) is 14.9 Å². The minimum absolute atomic E-state index is 0.249. The van der Waals surface area contributed by atoms with Crippen molar-refractivity contribution in [3.8, 4) is 11.8 Å². The van der Waals surface area contributed by atoms with Gasteiger partial charge in [-0.2, -0.15) is 5.26 Å². The van der Waals surface area contributed by atoms with Crippen molar-refractivity contribution in [1.29, 1.82) is 5.26 Å². The van der Waals surface area contributed by atoms with Crippen molar-refractivity contribution in [3.63, 3.8) is 0 Å². The Kier molecular flexibility index (Phi) is 6.52. The number of fused-ring (bicyclic) bond motifs is 1. The predicted molar refractivity (Wildman–Crippen MR) is 134 cm³/mol.